The fourth-order valence-electron chi connectivity index (χ4n) is 2.00. The Labute approximate surface area is 117 Å². The Morgan fingerprint density at radius 1 is 1.40 bits per heavy atom. The van der Waals surface area contributed by atoms with Gasteiger partial charge in [-0.2, -0.15) is 4.31 Å². The van der Waals surface area contributed by atoms with Gasteiger partial charge in [0.25, 0.3) is 10.0 Å². The minimum atomic E-state index is -4.06. The molecule has 0 aromatic heterocycles. The maximum atomic E-state index is 12.5. The topological polar surface area (TPSA) is 83.9 Å². The standard InChI is InChI=1S/C13H15NO5S/c1-3-12-11(8-15)14(13(16)19-12)20(17,18)10-6-4-9(2)5-7-10/h3-7,11-12,15H,1,8H2,2H3/t11-,12?/m0/s1. The minimum Gasteiger partial charge on any atom is -0.439 e. The highest BCUT2D eigenvalue weighted by atomic mass is 32.2. The maximum absolute atomic E-state index is 12.5. The lowest BCUT2D eigenvalue weighted by Crippen LogP contribution is -2.42. The van der Waals surface area contributed by atoms with E-state index in [9.17, 15) is 18.3 Å². The Kier molecular flexibility index (Phi) is 3.82. The van der Waals surface area contributed by atoms with Crippen LogP contribution in [0.5, 0.6) is 0 Å². The van der Waals surface area contributed by atoms with Gasteiger partial charge in [0, 0.05) is 0 Å². The molecule has 1 aromatic rings. The summed E-state index contributed by atoms with van der Waals surface area (Å²) in [6, 6.07) is 5.09. The number of hydrogen-bond donors (Lipinski definition) is 1. The highest BCUT2D eigenvalue weighted by molar-refractivity contribution is 7.89. The van der Waals surface area contributed by atoms with Gasteiger partial charge in [0.15, 0.2) is 0 Å². The van der Waals surface area contributed by atoms with Gasteiger partial charge in [-0.3, -0.25) is 0 Å². The molecule has 0 radical (unpaired) electrons. The molecule has 1 heterocycles. The number of aliphatic hydroxyl groups is 1. The van der Waals surface area contributed by atoms with Crippen LogP contribution in [0.25, 0.3) is 0 Å². The summed E-state index contributed by atoms with van der Waals surface area (Å²) in [7, 11) is -4.06. The maximum Gasteiger partial charge on any atom is 0.425 e. The van der Waals surface area contributed by atoms with Gasteiger partial charge >= 0.3 is 6.09 Å². The van der Waals surface area contributed by atoms with E-state index in [-0.39, 0.29) is 4.90 Å². The van der Waals surface area contributed by atoms with Gasteiger partial charge in [-0.25, -0.2) is 13.2 Å². The molecule has 1 unspecified atom stereocenters. The first-order valence-electron chi connectivity index (χ1n) is 5.97. The summed E-state index contributed by atoms with van der Waals surface area (Å²) in [5.41, 5.74) is 0.899. The van der Waals surface area contributed by atoms with Gasteiger partial charge in [-0.1, -0.05) is 24.3 Å². The zero-order chi connectivity index (χ0) is 14.9. The van der Waals surface area contributed by atoms with Crippen LogP contribution in [-0.2, 0) is 14.8 Å². The molecule has 1 amide bonds. The van der Waals surface area contributed by atoms with E-state index in [1.54, 1.807) is 12.1 Å². The van der Waals surface area contributed by atoms with Gasteiger partial charge in [-0.05, 0) is 25.1 Å². The molecule has 1 saturated heterocycles. The normalized spacial score (nSPS) is 22.7. The van der Waals surface area contributed by atoms with Crippen LogP contribution in [0.2, 0.25) is 0 Å². The zero-order valence-corrected chi connectivity index (χ0v) is 11.7. The number of hydrogen-bond acceptors (Lipinski definition) is 5. The molecule has 6 nitrogen and oxygen atoms in total. The second-order valence-corrected chi connectivity index (χ2v) is 6.26. The summed E-state index contributed by atoms with van der Waals surface area (Å²) in [5, 5.41) is 9.32. The van der Waals surface area contributed by atoms with Gasteiger partial charge in [-0.15, -0.1) is 0 Å². The third-order valence-corrected chi connectivity index (χ3v) is 4.90. The van der Waals surface area contributed by atoms with Gasteiger partial charge in [0.1, 0.15) is 12.1 Å². The molecule has 0 saturated carbocycles. The summed E-state index contributed by atoms with van der Waals surface area (Å²) in [5.74, 6) is 0. The van der Waals surface area contributed by atoms with Crippen molar-refractivity contribution in [3.63, 3.8) is 0 Å². The molecule has 1 aromatic carbocycles. The zero-order valence-electron chi connectivity index (χ0n) is 10.9. The highest BCUT2D eigenvalue weighted by Gasteiger charge is 2.47. The van der Waals surface area contributed by atoms with Crippen molar-refractivity contribution in [2.45, 2.75) is 24.0 Å². The average Bonchev–Trinajstić information content (AvgIpc) is 2.75. The monoisotopic (exact) mass is 297 g/mol. The van der Waals surface area contributed by atoms with Crippen LogP contribution in [0, 0.1) is 6.92 Å². The quantitative estimate of drug-likeness (QED) is 0.840. The number of benzene rings is 1. The van der Waals surface area contributed by atoms with Crippen LogP contribution in [0.3, 0.4) is 0 Å². The first-order chi connectivity index (χ1) is 9.41. The summed E-state index contributed by atoms with van der Waals surface area (Å²) in [6.45, 7) is 4.76. The lowest BCUT2D eigenvalue weighted by Gasteiger charge is -2.21. The Hall–Kier alpha value is -1.86. The number of aliphatic hydroxyl groups excluding tert-OH is 1. The van der Waals surface area contributed by atoms with Crippen molar-refractivity contribution >= 4 is 16.1 Å². The predicted octanol–water partition coefficient (Wildman–Crippen LogP) is 1.05. The Morgan fingerprint density at radius 3 is 2.50 bits per heavy atom. The van der Waals surface area contributed by atoms with Crippen molar-refractivity contribution in [2.75, 3.05) is 6.61 Å². The van der Waals surface area contributed by atoms with Crippen LogP contribution in [0.4, 0.5) is 4.79 Å². The van der Waals surface area contributed by atoms with E-state index < -0.39 is 34.9 Å². The van der Waals surface area contributed by atoms with E-state index in [0.29, 0.717) is 4.31 Å². The molecule has 7 heteroatoms. The van der Waals surface area contributed by atoms with Crippen molar-refractivity contribution in [2.24, 2.45) is 0 Å². The molecule has 0 bridgehead atoms. The smallest absolute Gasteiger partial charge is 0.425 e. The molecular formula is C13H15NO5S. The fraction of sp³-hybridized carbons (Fsp3) is 0.308. The average molecular weight is 297 g/mol. The summed E-state index contributed by atoms with van der Waals surface area (Å²) in [4.78, 5) is 11.7. The predicted molar refractivity (Wildman–Crippen MR) is 71.5 cm³/mol. The third-order valence-electron chi connectivity index (χ3n) is 3.09. The van der Waals surface area contributed by atoms with Crippen molar-refractivity contribution in [1.29, 1.82) is 0 Å². The number of amides is 1. The van der Waals surface area contributed by atoms with Crippen LogP contribution >= 0.6 is 0 Å². The van der Waals surface area contributed by atoms with Crippen molar-refractivity contribution < 1.29 is 23.1 Å². The van der Waals surface area contributed by atoms with E-state index in [0.717, 1.165) is 5.56 Å². The molecule has 1 aliphatic heterocycles. The largest absolute Gasteiger partial charge is 0.439 e. The highest BCUT2D eigenvalue weighted by Crippen LogP contribution is 2.28. The van der Waals surface area contributed by atoms with Crippen molar-refractivity contribution in [1.82, 2.24) is 4.31 Å². The molecule has 1 fully saturated rings. The van der Waals surface area contributed by atoms with E-state index >= 15 is 0 Å². The van der Waals surface area contributed by atoms with E-state index in [4.69, 9.17) is 4.74 Å². The Bertz CT molecular complexity index is 623. The molecule has 0 aliphatic carbocycles. The van der Waals surface area contributed by atoms with Gasteiger partial charge in [0.2, 0.25) is 0 Å². The van der Waals surface area contributed by atoms with Gasteiger partial charge in [0.05, 0.1) is 11.5 Å². The Balaban J connectivity index is 2.45. The number of nitrogens with zero attached hydrogens (tertiary/aromatic N) is 1. The molecule has 108 valence electrons. The van der Waals surface area contributed by atoms with Crippen molar-refractivity contribution in [3.8, 4) is 0 Å². The number of carbonyl (C=O) groups excluding carboxylic acids is 1. The fourth-order valence-corrected chi connectivity index (χ4v) is 3.49. The lowest BCUT2D eigenvalue weighted by atomic mass is 10.2. The minimum absolute atomic E-state index is 0.0248. The molecule has 20 heavy (non-hydrogen) atoms. The van der Waals surface area contributed by atoms with Crippen molar-refractivity contribution in [3.05, 3.63) is 42.5 Å². The number of ether oxygens (including phenoxy) is 1. The molecule has 2 atom stereocenters. The van der Waals surface area contributed by atoms with E-state index in [1.165, 1.54) is 18.2 Å². The van der Waals surface area contributed by atoms with Crippen LogP contribution < -0.4 is 0 Å². The second-order valence-electron chi connectivity index (χ2n) is 4.45. The number of cyclic esters (lactones) is 1. The van der Waals surface area contributed by atoms with Crippen LogP contribution in [0.1, 0.15) is 5.56 Å². The van der Waals surface area contributed by atoms with E-state index in [1.807, 2.05) is 6.92 Å². The van der Waals surface area contributed by atoms with Crippen LogP contribution in [0.15, 0.2) is 41.8 Å². The van der Waals surface area contributed by atoms with E-state index in [2.05, 4.69) is 6.58 Å². The third kappa shape index (κ3) is 2.30. The number of sulfonamides is 1. The molecule has 1 aliphatic rings. The lowest BCUT2D eigenvalue weighted by molar-refractivity contribution is 0.144. The summed E-state index contributed by atoms with van der Waals surface area (Å²) >= 11 is 0. The summed E-state index contributed by atoms with van der Waals surface area (Å²) in [6.07, 6.45) is -0.564. The number of carbonyl (C=O) groups is 1. The molecule has 0 spiro atoms. The molecule has 1 N–H and O–H groups in total. The first kappa shape index (κ1) is 14.5. The van der Waals surface area contributed by atoms with Gasteiger partial charge < -0.3 is 9.84 Å². The SMILES string of the molecule is C=CC1OC(=O)N(S(=O)(=O)c2ccc(C)cc2)[C@H]1CO. The number of aryl methyl sites for hydroxylation is 1. The summed E-state index contributed by atoms with van der Waals surface area (Å²) < 4.78 is 30.4. The molecule has 2 rings (SSSR count). The first-order valence-corrected chi connectivity index (χ1v) is 7.41. The Morgan fingerprint density at radius 2 is 2.00 bits per heavy atom. The number of rotatable bonds is 4. The van der Waals surface area contributed by atoms with Crippen LogP contribution in [-0.4, -0.2) is 42.7 Å². The molecular weight excluding hydrogens is 282 g/mol. The second kappa shape index (κ2) is 5.26.